The number of fused-ring (bicyclic) bond motifs is 2. The van der Waals surface area contributed by atoms with Gasteiger partial charge in [0.15, 0.2) is 12.4 Å². The minimum Gasteiger partial charge on any atom is -0.506 e. The average Bonchev–Trinajstić information content (AvgIpc) is 3.80. The van der Waals surface area contributed by atoms with Crippen molar-refractivity contribution >= 4 is 40.9 Å². The molecule has 2 unspecified atom stereocenters. The molecule has 3 atom stereocenters. The topological polar surface area (TPSA) is 162 Å². The molecule has 7 rings (SSSR count). The predicted molar refractivity (Wildman–Crippen MR) is 227 cm³/mol. The standard InChI is InChI=1S/C46H54N6O7/c1-51(23-8-7-13-41(54)48-36-17-14-31(15-18-36)27-47-22-20-33-16-19-40(53)44-45(33)58-30-42(55)50-44)43(56)21-24-52-28-34-25-37(26-35(34)29-52)59-46(57)49-39-12-6-5-11-38(39)32-9-3-2-4-10-32/h2-6,9-12,14-19,34-35,37,47,53H,7-8,13,20-30H2,1H3,(H,48,54)(H,49,57)(H,50,55)/t34-,35?,37?/m1/s1. The number of unbranched alkanes of at least 4 members (excludes halogenated alkanes) is 1. The van der Waals surface area contributed by atoms with Crippen LogP contribution in [0.15, 0.2) is 91.0 Å². The molecule has 4 aromatic rings. The number of nitrogens with one attached hydrogen (secondary N) is 4. The van der Waals surface area contributed by atoms with Gasteiger partial charge in [0, 0.05) is 63.9 Å². The Kier molecular flexibility index (Phi) is 13.8. The van der Waals surface area contributed by atoms with E-state index in [9.17, 15) is 24.3 Å². The molecule has 13 nitrogen and oxygen atoms in total. The Hall–Kier alpha value is -5.92. The van der Waals surface area contributed by atoms with E-state index in [1.807, 2.05) is 85.9 Å². The van der Waals surface area contributed by atoms with Crippen molar-refractivity contribution in [3.8, 4) is 22.6 Å². The van der Waals surface area contributed by atoms with Gasteiger partial charge in [-0.05, 0) is 91.4 Å². The minimum atomic E-state index is -0.421. The van der Waals surface area contributed by atoms with Crippen molar-refractivity contribution in [1.29, 1.82) is 0 Å². The molecule has 1 saturated heterocycles. The number of hydrogen-bond donors (Lipinski definition) is 5. The lowest BCUT2D eigenvalue weighted by atomic mass is 10.0. The van der Waals surface area contributed by atoms with Crippen molar-refractivity contribution in [2.75, 3.05) is 62.3 Å². The molecule has 0 bridgehead atoms. The first kappa shape index (κ1) is 41.2. The molecule has 0 radical (unpaired) electrons. The minimum absolute atomic E-state index is 0.0153. The Morgan fingerprint density at radius 3 is 2.42 bits per heavy atom. The molecule has 4 amide bonds. The maximum Gasteiger partial charge on any atom is 0.411 e. The first-order chi connectivity index (χ1) is 28.7. The summed E-state index contributed by atoms with van der Waals surface area (Å²) in [4.78, 5) is 54.2. The van der Waals surface area contributed by atoms with Gasteiger partial charge in [-0.25, -0.2) is 4.79 Å². The van der Waals surface area contributed by atoms with Gasteiger partial charge in [0.2, 0.25) is 11.8 Å². The molecule has 2 fully saturated rings. The SMILES string of the molecule is CN(CCCCC(=O)Nc1ccc(CNCCc2ccc(O)c3c2OCC(=O)N3)cc1)C(=O)CCN1CC2CC(OC(=O)Nc3ccccc3-c3ccccc3)C[C@@H]2C1. The third-order valence-electron chi connectivity index (χ3n) is 11.5. The maximum absolute atomic E-state index is 12.9. The normalized spacial score (nSPS) is 18.3. The number of ether oxygens (including phenoxy) is 2. The van der Waals surface area contributed by atoms with Crippen LogP contribution in [0.2, 0.25) is 0 Å². The summed E-state index contributed by atoms with van der Waals surface area (Å²) in [6.07, 6.45) is 4.08. The molecule has 0 aromatic heterocycles. The summed E-state index contributed by atoms with van der Waals surface area (Å²) >= 11 is 0. The molecule has 13 heteroatoms. The number of benzene rings is 4. The fraction of sp³-hybridized carbons (Fsp3) is 0.391. The third kappa shape index (κ3) is 11.2. The van der Waals surface area contributed by atoms with Crippen molar-refractivity contribution in [3.63, 3.8) is 0 Å². The first-order valence-electron chi connectivity index (χ1n) is 20.6. The van der Waals surface area contributed by atoms with Gasteiger partial charge in [0.25, 0.3) is 5.91 Å². The Labute approximate surface area is 345 Å². The van der Waals surface area contributed by atoms with E-state index in [2.05, 4.69) is 26.2 Å². The fourth-order valence-electron chi connectivity index (χ4n) is 8.37. The summed E-state index contributed by atoms with van der Waals surface area (Å²) in [6, 6.07) is 28.8. The monoisotopic (exact) mass is 802 g/mol. The van der Waals surface area contributed by atoms with Crippen LogP contribution >= 0.6 is 0 Å². The Morgan fingerprint density at radius 2 is 1.64 bits per heavy atom. The van der Waals surface area contributed by atoms with Crippen LogP contribution in [0.25, 0.3) is 11.1 Å². The maximum atomic E-state index is 12.9. The number of carbonyl (C=O) groups excluding carboxylic acids is 4. The average molecular weight is 803 g/mol. The van der Waals surface area contributed by atoms with Gasteiger partial charge in [-0.3, -0.25) is 19.7 Å². The van der Waals surface area contributed by atoms with Gasteiger partial charge in [0.05, 0.1) is 5.69 Å². The van der Waals surface area contributed by atoms with E-state index in [0.29, 0.717) is 75.1 Å². The number of aromatic hydroxyl groups is 1. The predicted octanol–water partition coefficient (Wildman–Crippen LogP) is 6.64. The first-order valence-corrected chi connectivity index (χ1v) is 20.6. The zero-order valence-corrected chi connectivity index (χ0v) is 33.6. The van der Waals surface area contributed by atoms with Crippen LogP contribution in [0, 0.1) is 11.8 Å². The van der Waals surface area contributed by atoms with Crippen molar-refractivity contribution in [3.05, 3.63) is 102 Å². The number of carbonyl (C=O) groups is 4. The number of likely N-dealkylation sites (tertiary alicyclic amines) is 1. The fourth-order valence-corrected chi connectivity index (χ4v) is 8.37. The van der Waals surface area contributed by atoms with Gasteiger partial charge >= 0.3 is 6.09 Å². The smallest absolute Gasteiger partial charge is 0.411 e. The van der Waals surface area contributed by atoms with Gasteiger partial charge in [-0.1, -0.05) is 66.7 Å². The van der Waals surface area contributed by atoms with E-state index in [1.165, 1.54) is 0 Å². The largest absolute Gasteiger partial charge is 0.506 e. The van der Waals surface area contributed by atoms with Gasteiger partial charge in [0.1, 0.15) is 17.5 Å². The quantitative estimate of drug-likeness (QED) is 0.0583. The van der Waals surface area contributed by atoms with Crippen LogP contribution in [-0.4, -0.2) is 91.2 Å². The van der Waals surface area contributed by atoms with Gasteiger partial charge in [-0.15, -0.1) is 0 Å². The number of amides is 4. The van der Waals surface area contributed by atoms with Crippen LogP contribution < -0.4 is 26.0 Å². The van der Waals surface area contributed by atoms with Gasteiger partial charge in [-0.2, -0.15) is 0 Å². The summed E-state index contributed by atoms with van der Waals surface area (Å²) in [5.41, 5.74) is 5.74. The molecular formula is C46H54N6O7. The zero-order valence-electron chi connectivity index (χ0n) is 33.6. The highest BCUT2D eigenvalue weighted by Gasteiger charge is 2.42. The summed E-state index contributed by atoms with van der Waals surface area (Å²) in [5.74, 6) is 1.18. The Balaban J connectivity index is 0.727. The number of para-hydroxylation sites is 1. The number of anilines is 3. The molecule has 310 valence electrons. The summed E-state index contributed by atoms with van der Waals surface area (Å²) in [5, 5.41) is 22.0. The lowest BCUT2D eigenvalue weighted by Gasteiger charge is -2.21. The highest BCUT2D eigenvalue weighted by atomic mass is 16.6. The highest BCUT2D eigenvalue weighted by Crippen LogP contribution is 2.40. The number of phenolic OH excluding ortho intramolecular Hbond substituents is 1. The molecule has 4 aromatic carbocycles. The second kappa shape index (κ2) is 19.7. The Bertz CT molecular complexity index is 2080. The second-order valence-electron chi connectivity index (χ2n) is 15.8. The molecule has 59 heavy (non-hydrogen) atoms. The van der Waals surface area contributed by atoms with E-state index in [0.717, 1.165) is 66.0 Å². The van der Waals surface area contributed by atoms with Crippen molar-refractivity contribution in [2.24, 2.45) is 11.8 Å². The van der Waals surface area contributed by atoms with Crippen molar-refractivity contribution in [2.45, 2.75) is 57.6 Å². The van der Waals surface area contributed by atoms with Crippen LogP contribution in [-0.2, 0) is 32.1 Å². The molecule has 2 aliphatic heterocycles. The van der Waals surface area contributed by atoms with E-state index in [-0.39, 0.29) is 36.2 Å². The van der Waals surface area contributed by atoms with Crippen LogP contribution in [0.4, 0.5) is 21.9 Å². The summed E-state index contributed by atoms with van der Waals surface area (Å²) in [6.45, 7) is 4.39. The van der Waals surface area contributed by atoms with E-state index >= 15 is 0 Å². The molecule has 5 N–H and O–H groups in total. The van der Waals surface area contributed by atoms with Crippen LogP contribution in [0.1, 0.15) is 49.7 Å². The van der Waals surface area contributed by atoms with Gasteiger partial charge < -0.3 is 40.3 Å². The molecule has 1 saturated carbocycles. The number of hydrogen-bond acceptors (Lipinski definition) is 9. The number of phenols is 1. The van der Waals surface area contributed by atoms with Crippen LogP contribution in [0.3, 0.4) is 0 Å². The van der Waals surface area contributed by atoms with E-state index < -0.39 is 6.09 Å². The second-order valence-corrected chi connectivity index (χ2v) is 15.8. The van der Waals surface area contributed by atoms with Crippen molar-refractivity contribution in [1.82, 2.24) is 15.1 Å². The van der Waals surface area contributed by atoms with Crippen LogP contribution in [0.5, 0.6) is 11.5 Å². The Morgan fingerprint density at radius 1 is 0.898 bits per heavy atom. The number of rotatable bonds is 17. The molecule has 1 aliphatic carbocycles. The van der Waals surface area contributed by atoms with E-state index in [4.69, 9.17) is 9.47 Å². The zero-order chi connectivity index (χ0) is 41.1. The third-order valence-corrected chi connectivity index (χ3v) is 11.5. The van der Waals surface area contributed by atoms with E-state index in [1.54, 1.807) is 17.0 Å². The summed E-state index contributed by atoms with van der Waals surface area (Å²) < 4.78 is 11.4. The lowest BCUT2D eigenvalue weighted by Crippen LogP contribution is -2.33. The molecular weight excluding hydrogens is 749 g/mol. The molecule has 3 aliphatic rings. The molecule has 0 spiro atoms. The lowest BCUT2D eigenvalue weighted by molar-refractivity contribution is -0.130. The summed E-state index contributed by atoms with van der Waals surface area (Å²) in [7, 11) is 1.83. The van der Waals surface area contributed by atoms with Crippen molar-refractivity contribution < 1.29 is 33.8 Å². The number of nitrogens with zero attached hydrogens (tertiary/aromatic N) is 2. The molecule has 2 heterocycles. The highest BCUT2D eigenvalue weighted by molar-refractivity contribution is 5.97.